The van der Waals surface area contributed by atoms with Crippen LogP contribution < -0.4 is 5.43 Å². The molecule has 0 saturated heterocycles. The molecule has 2 heterocycles. The summed E-state index contributed by atoms with van der Waals surface area (Å²) in [4.78, 5) is 4.20. The lowest BCUT2D eigenvalue weighted by molar-refractivity contribution is 0.360. The van der Waals surface area contributed by atoms with Crippen molar-refractivity contribution in [3.05, 3.63) is 17.5 Å². The van der Waals surface area contributed by atoms with Crippen LogP contribution in [0.15, 0.2) is 15.8 Å². The molecule has 0 aliphatic carbocycles. The second kappa shape index (κ2) is 8.69. The van der Waals surface area contributed by atoms with Gasteiger partial charge in [-0.3, -0.25) is 10.0 Å². The van der Waals surface area contributed by atoms with Gasteiger partial charge in [-0.15, -0.1) is 0 Å². The van der Waals surface area contributed by atoms with E-state index in [1.54, 1.807) is 6.26 Å². The van der Waals surface area contributed by atoms with Crippen LogP contribution >= 0.6 is 0 Å². The average molecular weight is 268 g/mol. The second-order valence-electron chi connectivity index (χ2n) is 4.58. The molecule has 0 radical (unpaired) electrons. The topological polar surface area (TPSA) is 53.7 Å². The van der Waals surface area contributed by atoms with E-state index in [2.05, 4.69) is 29.4 Å². The van der Waals surface area contributed by atoms with Gasteiger partial charge in [0.05, 0.1) is 5.69 Å². The van der Waals surface area contributed by atoms with Crippen molar-refractivity contribution in [3.63, 3.8) is 0 Å². The molecule has 1 aliphatic heterocycles. The van der Waals surface area contributed by atoms with Gasteiger partial charge in [0.15, 0.2) is 0 Å². The zero-order valence-corrected chi connectivity index (χ0v) is 13.5. The van der Waals surface area contributed by atoms with Gasteiger partial charge in [0.2, 0.25) is 0 Å². The lowest BCUT2D eigenvalue weighted by Crippen LogP contribution is -2.34. The Labute approximate surface area is 117 Å². The third-order valence-electron chi connectivity index (χ3n) is 2.58. The summed E-state index contributed by atoms with van der Waals surface area (Å²) in [7, 11) is 1.96. The van der Waals surface area contributed by atoms with Gasteiger partial charge >= 0.3 is 0 Å². The Kier molecular flexibility index (Phi) is 8.07. The number of hydrazine groups is 1. The lowest BCUT2D eigenvalue weighted by atomic mass is 10.1. The number of nitrogens with zero attached hydrogens (tertiary/aromatic N) is 3. The number of amidine groups is 1. The van der Waals surface area contributed by atoms with Crippen molar-refractivity contribution in [2.75, 3.05) is 7.05 Å². The van der Waals surface area contributed by atoms with Crippen LogP contribution in [0, 0.1) is 6.92 Å². The van der Waals surface area contributed by atoms with Crippen molar-refractivity contribution in [2.45, 2.75) is 60.5 Å². The van der Waals surface area contributed by atoms with E-state index in [0.29, 0.717) is 5.92 Å². The molecule has 110 valence electrons. The summed E-state index contributed by atoms with van der Waals surface area (Å²) in [5.41, 5.74) is 5.30. The van der Waals surface area contributed by atoms with Crippen LogP contribution in [0.3, 0.4) is 0 Å². The molecule has 1 aromatic rings. The summed E-state index contributed by atoms with van der Waals surface area (Å²) in [5.74, 6) is 1.53. The van der Waals surface area contributed by atoms with E-state index >= 15 is 0 Å². The van der Waals surface area contributed by atoms with E-state index in [1.807, 2.05) is 46.7 Å². The van der Waals surface area contributed by atoms with Gasteiger partial charge in [0.1, 0.15) is 18.3 Å². The fourth-order valence-electron chi connectivity index (χ4n) is 1.62. The number of aryl methyl sites for hydroxylation is 1. The highest BCUT2D eigenvalue weighted by atomic mass is 16.5. The fraction of sp³-hybridized carbons (Fsp3) is 0.714. The van der Waals surface area contributed by atoms with Crippen molar-refractivity contribution < 1.29 is 4.52 Å². The van der Waals surface area contributed by atoms with Crippen LogP contribution in [0.4, 0.5) is 0 Å². The fourth-order valence-corrected chi connectivity index (χ4v) is 1.62. The summed E-state index contributed by atoms with van der Waals surface area (Å²) >= 11 is 0. The van der Waals surface area contributed by atoms with Crippen LogP contribution in [0.2, 0.25) is 0 Å². The van der Waals surface area contributed by atoms with Crippen molar-refractivity contribution in [2.24, 2.45) is 4.99 Å². The van der Waals surface area contributed by atoms with Gasteiger partial charge in [0.25, 0.3) is 0 Å². The minimum absolute atomic E-state index is 0.264. The average Bonchev–Trinajstić information content (AvgIpc) is 2.89. The third kappa shape index (κ3) is 5.87. The van der Waals surface area contributed by atoms with E-state index in [9.17, 15) is 0 Å². The van der Waals surface area contributed by atoms with Gasteiger partial charge in [-0.2, -0.15) is 0 Å². The van der Waals surface area contributed by atoms with E-state index in [-0.39, 0.29) is 6.17 Å². The zero-order valence-electron chi connectivity index (χ0n) is 13.5. The van der Waals surface area contributed by atoms with Crippen molar-refractivity contribution in [3.8, 4) is 0 Å². The summed E-state index contributed by atoms with van der Waals surface area (Å²) in [6.07, 6.45) is 1.94. The molecule has 0 fully saturated rings. The maximum atomic E-state index is 4.76. The molecule has 0 aromatic carbocycles. The highest BCUT2D eigenvalue weighted by Gasteiger charge is 2.11. The number of hydrogen-bond donors (Lipinski definition) is 1. The Morgan fingerprint density at radius 2 is 1.89 bits per heavy atom. The number of hydrogen-bond acceptors (Lipinski definition) is 5. The first-order chi connectivity index (χ1) is 8.91. The molecule has 0 bridgehead atoms. The molecule has 19 heavy (non-hydrogen) atoms. The molecule has 1 aromatic heterocycles. The third-order valence-corrected chi connectivity index (χ3v) is 2.58. The largest absolute Gasteiger partial charge is 0.364 e. The Bertz CT molecular complexity index is 385. The first kappa shape index (κ1) is 17.6. The van der Waals surface area contributed by atoms with Crippen molar-refractivity contribution in [1.82, 2.24) is 15.6 Å². The molecule has 2 rings (SSSR count). The molecule has 0 spiro atoms. The van der Waals surface area contributed by atoms with Gasteiger partial charge in [0, 0.05) is 12.6 Å². The maximum absolute atomic E-state index is 4.76. The smallest absolute Gasteiger partial charge is 0.127 e. The summed E-state index contributed by atoms with van der Waals surface area (Å²) in [5, 5.41) is 5.76. The van der Waals surface area contributed by atoms with Gasteiger partial charge in [-0.1, -0.05) is 32.9 Å². The number of aliphatic imine (C=N–C) groups is 1. The van der Waals surface area contributed by atoms with Crippen LogP contribution in [0.25, 0.3) is 0 Å². The number of aromatic nitrogens is 1. The summed E-state index contributed by atoms with van der Waals surface area (Å²) < 4.78 is 4.76. The second-order valence-corrected chi connectivity index (χ2v) is 4.58. The molecule has 0 amide bonds. The molecule has 1 unspecified atom stereocenters. The molecule has 1 atom stereocenters. The Morgan fingerprint density at radius 3 is 2.05 bits per heavy atom. The quantitative estimate of drug-likeness (QED) is 0.848. The Balaban J connectivity index is 0.000000303. The highest BCUT2D eigenvalue weighted by molar-refractivity contribution is 5.80. The molecule has 0 saturated carbocycles. The molecular formula is C14H28N4O. The van der Waals surface area contributed by atoms with Gasteiger partial charge in [-0.25, -0.2) is 5.43 Å². The molecular weight excluding hydrogens is 240 g/mol. The van der Waals surface area contributed by atoms with Crippen LogP contribution in [-0.2, 0) is 0 Å². The molecule has 5 nitrogen and oxygen atoms in total. The summed E-state index contributed by atoms with van der Waals surface area (Å²) in [6, 6.07) is 0. The molecule has 5 heteroatoms. The Hall–Kier alpha value is -1.36. The number of rotatable bonds is 1. The first-order valence-corrected chi connectivity index (χ1v) is 6.87. The maximum Gasteiger partial charge on any atom is 0.127 e. The zero-order chi connectivity index (χ0) is 15.0. The van der Waals surface area contributed by atoms with Crippen LogP contribution in [-0.4, -0.2) is 29.2 Å². The SMILES string of the molecule is CC.CC1=NC(C)NN1C.Cc1conc1C(C)C. The van der Waals surface area contributed by atoms with Crippen molar-refractivity contribution in [1.29, 1.82) is 0 Å². The van der Waals surface area contributed by atoms with Crippen LogP contribution in [0.5, 0.6) is 0 Å². The number of nitrogens with one attached hydrogen (secondary N) is 1. The van der Waals surface area contributed by atoms with E-state index in [0.717, 1.165) is 17.1 Å². The lowest BCUT2D eigenvalue weighted by Gasteiger charge is -2.10. The van der Waals surface area contributed by atoms with E-state index < -0.39 is 0 Å². The molecule has 1 N–H and O–H groups in total. The summed E-state index contributed by atoms with van der Waals surface area (Å²) in [6.45, 7) is 14.2. The minimum atomic E-state index is 0.264. The normalized spacial score (nSPS) is 17.4. The Morgan fingerprint density at radius 1 is 1.32 bits per heavy atom. The predicted octanol–water partition coefficient (Wildman–Crippen LogP) is 3.33. The van der Waals surface area contributed by atoms with Gasteiger partial charge in [-0.05, 0) is 26.7 Å². The predicted molar refractivity (Wildman–Crippen MR) is 80.1 cm³/mol. The standard InChI is InChI=1S/C7H11NO.C5H11N3.C2H6/c1-5(2)7-6(3)4-9-8-7;1-4-6-5(2)8(3)7-4;1-2/h4-5H,1-3H3;4,7H,1-3H3;1-2H3. The van der Waals surface area contributed by atoms with E-state index in [1.165, 1.54) is 0 Å². The van der Waals surface area contributed by atoms with Crippen molar-refractivity contribution >= 4 is 5.84 Å². The molecule has 1 aliphatic rings. The highest BCUT2D eigenvalue weighted by Crippen LogP contribution is 2.15. The minimum Gasteiger partial charge on any atom is -0.364 e. The van der Waals surface area contributed by atoms with E-state index in [4.69, 9.17) is 4.52 Å². The monoisotopic (exact) mass is 268 g/mol. The van der Waals surface area contributed by atoms with Gasteiger partial charge < -0.3 is 4.52 Å². The van der Waals surface area contributed by atoms with Crippen LogP contribution in [0.1, 0.15) is 58.7 Å². The first-order valence-electron chi connectivity index (χ1n) is 6.87.